The number of allylic oxidation sites excluding steroid dienone is 5. The number of ether oxygens (including phenoxy) is 2. The maximum absolute atomic E-state index is 5.74. The molecule has 0 amide bonds. The molecule has 4 nitrogen and oxygen atoms in total. The SMILES string of the molecule is CCC1CCC2=C(CC(NC)CC2)C2=CC=C(Nc3ccc4c(c3)OCCO4)C=C=C21. The fraction of sp³-hybridized carbons (Fsp3) is 0.444. The van der Waals surface area contributed by atoms with Gasteiger partial charge >= 0.3 is 0 Å². The molecule has 5 rings (SSSR count). The minimum atomic E-state index is 0.572. The molecule has 0 saturated carbocycles. The number of fused-ring (bicyclic) bond motifs is 3. The topological polar surface area (TPSA) is 42.5 Å². The van der Waals surface area contributed by atoms with Crippen molar-refractivity contribution in [2.45, 2.75) is 51.5 Å². The maximum atomic E-state index is 5.74. The number of benzene rings is 1. The number of nitrogens with one attached hydrogen (secondary N) is 2. The highest BCUT2D eigenvalue weighted by Crippen LogP contribution is 2.43. The zero-order valence-electron chi connectivity index (χ0n) is 18.6. The van der Waals surface area contributed by atoms with Gasteiger partial charge in [0, 0.05) is 35.1 Å². The largest absolute Gasteiger partial charge is 0.486 e. The van der Waals surface area contributed by atoms with Gasteiger partial charge in [-0.05, 0) is 80.8 Å². The van der Waals surface area contributed by atoms with Crippen LogP contribution in [0, 0.1) is 5.92 Å². The van der Waals surface area contributed by atoms with Gasteiger partial charge in [0.15, 0.2) is 11.5 Å². The van der Waals surface area contributed by atoms with Crippen LogP contribution in [-0.4, -0.2) is 26.3 Å². The van der Waals surface area contributed by atoms with Gasteiger partial charge < -0.3 is 20.1 Å². The van der Waals surface area contributed by atoms with Crippen molar-refractivity contribution < 1.29 is 9.47 Å². The molecule has 0 spiro atoms. The minimum absolute atomic E-state index is 0.572. The molecule has 0 radical (unpaired) electrons. The molecule has 31 heavy (non-hydrogen) atoms. The van der Waals surface area contributed by atoms with Crippen LogP contribution in [0.3, 0.4) is 0 Å². The molecule has 1 aliphatic heterocycles. The highest BCUT2D eigenvalue weighted by Gasteiger charge is 2.30. The Labute approximate surface area is 185 Å². The second kappa shape index (κ2) is 8.82. The van der Waals surface area contributed by atoms with E-state index in [4.69, 9.17) is 9.47 Å². The Bertz CT molecular complexity index is 1020. The fourth-order valence-corrected chi connectivity index (χ4v) is 5.23. The van der Waals surface area contributed by atoms with Crippen molar-refractivity contribution in [3.8, 4) is 11.5 Å². The molecule has 2 atom stereocenters. The summed E-state index contributed by atoms with van der Waals surface area (Å²) in [5, 5.41) is 7.05. The van der Waals surface area contributed by atoms with E-state index in [9.17, 15) is 0 Å². The summed E-state index contributed by atoms with van der Waals surface area (Å²) in [6.45, 7) is 3.52. The third-order valence-electron chi connectivity index (χ3n) is 7.03. The molecule has 0 saturated heterocycles. The van der Waals surface area contributed by atoms with E-state index >= 15 is 0 Å². The zero-order chi connectivity index (χ0) is 21.2. The first-order valence-electron chi connectivity index (χ1n) is 11.7. The van der Waals surface area contributed by atoms with E-state index in [2.05, 4.69) is 48.6 Å². The van der Waals surface area contributed by atoms with Crippen LogP contribution in [0.1, 0.15) is 45.4 Å². The number of rotatable bonds is 4. The van der Waals surface area contributed by atoms with Gasteiger partial charge in [-0.15, -0.1) is 5.73 Å². The molecule has 0 aromatic heterocycles. The van der Waals surface area contributed by atoms with Crippen LogP contribution in [0.2, 0.25) is 0 Å². The number of hydrogen-bond acceptors (Lipinski definition) is 4. The van der Waals surface area contributed by atoms with E-state index < -0.39 is 0 Å². The summed E-state index contributed by atoms with van der Waals surface area (Å²) in [7, 11) is 2.09. The minimum Gasteiger partial charge on any atom is -0.486 e. The van der Waals surface area contributed by atoms with E-state index in [0.29, 0.717) is 25.2 Å². The van der Waals surface area contributed by atoms with Crippen LogP contribution in [0.15, 0.2) is 70.1 Å². The summed E-state index contributed by atoms with van der Waals surface area (Å²) in [5.41, 5.74) is 11.8. The first kappa shape index (κ1) is 20.2. The summed E-state index contributed by atoms with van der Waals surface area (Å²) < 4.78 is 11.4. The van der Waals surface area contributed by atoms with Crippen LogP contribution in [0.5, 0.6) is 11.5 Å². The molecule has 2 unspecified atom stereocenters. The molecule has 0 fully saturated rings. The summed E-state index contributed by atoms with van der Waals surface area (Å²) in [6, 6.07) is 6.61. The standard InChI is InChI=1S/C27H32N2O2/c1-3-18-4-5-19-6-7-21(28-2)16-25(19)24-12-9-20(8-11-23(18)24)29-22-10-13-26-27(17-22)31-15-14-30-26/h8-10,12-13,17-18,21,28-29H,3-7,14-16H2,1-2H3. The predicted octanol–water partition coefficient (Wildman–Crippen LogP) is 5.66. The van der Waals surface area contributed by atoms with Crippen LogP contribution in [-0.2, 0) is 0 Å². The van der Waals surface area contributed by atoms with E-state index in [1.54, 1.807) is 11.1 Å². The van der Waals surface area contributed by atoms with E-state index in [1.807, 2.05) is 18.2 Å². The van der Waals surface area contributed by atoms with Gasteiger partial charge in [-0.2, -0.15) is 0 Å². The summed E-state index contributed by atoms with van der Waals surface area (Å²) in [4.78, 5) is 0. The van der Waals surface area contributed by atoms with Gasteiger partial charge in [0.05, 0.1) is 0 Å². The fourth-order valence-electron chi connectivity index (χ4n) is 5.23. The van der Waals surface area contributed by atoms with E-state index in [0.717, 1.165) is 35.7 Å². The van der Waals surface area contributed by atoms with Crippen molar-refractivity contribution in [1.82, 2.24) is 5.32 Å². The zero-order valence-corrected chi connectivity index (χ0v) is 18.6. The quantitative estimate of drug-likeness (QED) is 0.621. The normalized spacial score (nSPS) is 24.8. The van der Waals surface area contributed by atoms with Crippen molar-refractivity contribution in [2.75, 3.05) is 25.6 Å². The van der Waals surface area contributed by atoms with Gasteiger partial charge in [-0.1, -0.05) is 18.6 Å². The molecular weight excluding hydrogens is 384 g/mol. The molecule has 1 aromatic carbocycles. The molecule has 0 bridgehead atoms. The molecule has 2 N–H and O–H groups in total. The van der Waals surface area contributed by atoms with Crippen LogP contribution in [0.4, 0.5) is 5.69 Å². The highest BCUT2D eigenvalue weighted by atomic mass is 16.6. The third-order valence-corrected chi connectivity index (χ3v) is 7.03. The molecule has 1 aromatic rings. The van der Waals surface area contributed by atoms with Gasteiger partial charge in [-0.3, -0.25) is 0 Å². The van der Waals surface area contributed by atoms with Crippen molar-refractivity contribution in [3.05, 3.63) is 70.1 Å². The lowest BCUT2D eigenvalue weighted by Gasteiger charge is -2.27. The Morgan fingerprint density at radius 3 is 2.74 bits per heavy atom. The molecule has 4 heteroatoms. The lowest BCUT2D eigenvalue weighted by atomic mass is 9.81. The van der Waals surface area contributed by atoms with Gasteiger partial charge in [0.1, 0.15) is 13.2 Å². The summed E-state index contributed by atoms with van der Waals surface area (Å²) in [5.74, 6) is 2.19. The first-order chi connectivity index (χ1) is 15.2. The van der Waals surface area contributed by atoms with Gasteiger partial charge in [-0.25, -0.2) is 0 Å². The Hall–Kier alpha value is -2.68. The predicted molar refractivity (Wildman–Crippen MR) is 126 cm³/mol. The Morgan fingerprint density at radius 2 is 1.90 bits per heavy atom. The van der Waals surface area contributed by atoms with E-state index in [-0.39, 0.29) is 0 Å². The second-order valence-electron chi connectivity index (χ2n) is 8.84. The Morgan fingerprint density at radius 1 is 1.06 bits per heavy atom. The van der Waals surface area contributed by atoms with E-state index in [1.165, 1.54) is 36.8 Å². The Balaban J connectivity index is 1.48. The Kier molecular flexibility index (Phi) is 5.76. The lowest BCUT2D eigenvalue weighted by molar-refractivity contribution is 0.171. The van der Waals surface area contributed by atoms with Crippen molar-refractivity contribution in [1.29, 1.82) is 0 Å². The molecule has 162 valence electrons. The highest BCUT2D eigenvalue weighted by molar-refractivity contribution is 5.61. The van der Waals surface area contributed by atoms with Crippen molar-refractivity contribution in [2.24, 2.45) is 5.92 Å². The molecule has 3 aliphatic carbocycles. The summed E-state index contributed by atoms with van der Waals surface area (Å²) in [6.07, 6.45) is 13.9. The lowest BCUT2D eigenvalue weighted by Crippen LogP contribution is -2.29. The monoisotopic (exact) mass is 416 g/mol. The second-order valence-corrected chi connectivity index (χ2v) is 8.84. The molecule has 4 aliphatic rings. The number of anilines is 1. The van der Waals surface area contributed by atoms with Crippen LogP contribution < -0.4 is 20.1 Å². The average Bonchev–Trinajstić information content (AvgIpc) is 3.10. The molecular formula is C27H32N2O2. The average molecular weight is 417 g/mol. The first-order valence-corrected chi connectivity index (χ1v) is 11.7. The van der Waals surface area contributed by atoms with Crippen molar-refractivity contribution >= 4 is 5.69 Å². The number of hydrogen-bond donors (Lipinski definition) is 2. The smallest absolute Gasteiger partial charge is 0.163 e. The van der Waals surface area contributed by atoms with Crippen LogP contribution in [0.25, 0.3) is 0 Å². The maximum Gasteiger partial charge on any atom is 0.163 e. The molecule has 1 heterocycles. The van der Waals surface area contributed by atoms with Gasteiger partial charge in [0.2, 0.25) is 0 Å². The third kappa shape index (κ3) is 4.11. The van der Waals surface area contributed by atoms with Gasteiger partial charge in [0.25, 0.3) is 0 Å². The van der Waals surface area contributed by atoms with Crippen LogP contribution >= 0.6 is 0 Å². The summed E-state index contributed by atoms with van der Waals surface area (Å²) >= 11 is 0. The van der Waals surface area contributed by atoms with Crippen molar-refractivity contribution in [3.63, 3.8) is 0 Å².